The first kappa shape index (κ1) is 10.8. The van der Waals surface area contributed by atoms with Crippen LogP contribution in [-0.4, -0.2) is 15.9 Å². The molecule has 1 heterocycles. The average molecular weight is 231 g/mol. The second-order valence-corrected chi connectivity index (χ2v) is 3.65. The summed E-state index contributed by atoms with van der Waals surface area (Å²) in [5.41, 5.74) is 4.04. The van der Waals surface area contributed by atoms with Crippen LogP contribution in [0.1, 0.15) is 23.9 Å². The Balaban J connectivity index is 2.22. The Morgan fingerprint density at radius 3 is 2.69 bits per heavy atom. The van der Waals surface area contributed by atoms with Gasteiger partial charge in [0.1, 0.15) is 11.5 Å². The number of hydrogen-bond acceptors (Lipinski definition) is 3. The van der Waals surface area contributed by atoms with Gasteiger partial charge in [-0.25, -0.2) is 9.97 Å². The van der Waals surface area contributed by atoms with Crippen molar-refractivity contribution in [2.24, 2.45) is 11.7 Å². The fourth-order valence-corrected chi connectivity index (χ4v) is 1.51. The molecule has 1 fully saturated rings. The van der Waals surface area contributed by atoms with Crippen LogP contribution < -0.4 is 5.73 Å². The maximum absolute atomic E-state index is 12.3. The number of halogens is 3. The molecule has 86 valence electrons. The second-order valence-electron chi connectivity index (χ2n) is 3.65. The van der Waals surface area contributed by atoms with Crippen LogP contribution >= 0.6 is 0 Å². The summed E-state index contributed by atoms with van der Waals surface area (Å²) in [6.45, 7) is 0. The number of amides is 1. The monoisotopic (exact) mass is 231 g/mol. The topological polar surface area (TPSA) is 68.9 Å². The molecule has 4 nitrogen and oxygen atoms in total. The first-order valence-corrected chi connectivity index (χ1v) is 4.59. The van der Waals surface area contributed by atoms with Crippen LogP contribution in [0.2, 0.25) is 0 Å². The molecule has 2 atom stereocenters. The molecule has 0 spiro atoms. The molecule has 2 rings (SSSR count). The van der Waals surface area contributed by atoms with Crippen molar-refractivity contribution in [3.63, 3.8) is 0 Å². The van der Waals surface area contributed by atoms with E-state index in [9.17, 15) is 18.0 Å². The summed E-state index contributed by atoms with van der Waals surface area (Å²) in [6, 6.07) is 0.797. The highest BCUT2D eigenvalue weighted by molar-refractivity contribution is 5.80. The van der Waals surface area contributed by atoms with Crippen LogP contribution in [0.3, 0.4) is 0 Å². The highest BCUT2D eigenvalue weighted by atomic mass is 19.4. The van der Waals surface area contributed by atoms with Crippen molar-refractivity contribution in [2.75, 3.05) is 0 Å². The van der Waals surface area contributed by atoms with Gasteiger partial charge in [-0.05, 0) is 12.5 Å². The molecule has 2 N–H and O–H groups in total. The molecule has 1 aromatic heterocycles. The van der Waals surface area contributed by atoms with E-state index < -0.39 is 23.7 Å². The minimum Gasteiger partial charge on any atom is -0.369 e. The molecule has 1 aromatic rings. The number of carbonyl (C=O) groups is 1. The van der Waals surface area contributed by atoms with E-state index >= 15 is 0 Å². The number of nitrogens with two attached hydrogens (primary N) is 1. The van der Waals surface area contributed by atoms with Crippen molar-refractivity contribution < 1.29 is 18.0 Å². The van der Waals surface area contributed by atoms with Crippen molar-refractivity contribution in [3.05, 3.63) is 23.8 Å². The van der Waals surface area contributed by atoms with E-state index in [2.05, 4.69) is 9.97 Å². The maximum atomic E-state index is 12.3. The van der Waals surface area contributed by atoms with E-state index in [-0.39, 0.29) is 11.7 Å². The number of primary amides is 1. The standard InChI is InChI=1S/C9H8F3N3O/c10-9(11,12)6-1-2-14-8(15-6)5-3-4(5)7(13)16/h1-2,4-5H,3H2,(H2,13,16)/t4-,5-/m0/s1. The molecule has 0 bridgehead atoms. The molecule has 1 saturated carbocycles. The molecule has 0 aliphatic heterocycles. The fraction of sp³-hybridized carbons (Fsp3) is 0.444. The van der Waals surface area contributed by atoms with Gasteiger partial charge in [0.2, 0.25) is 5.91 Å². The highest BCUT2D eigenvalue weighted by Crippen LogP contribution is 2.45. The zero-order valence-electron chi connectivity index (χ0n) is 8.03. The van der Waals surface area contributed by atoms with E-state index in [1.807, 2.05) is 0 Å². The normalized spacial score (nSPS) is 24.2. The molecule has 0 aromatic carbocycles. The Morgan fingerprint density at radius 2 is 2.19 bits per heavy atom. The second kappa shape index (κ2) is 3.43. The van der Waals surface area contributed by atoms with Gasteiger partial charge in [0.05, 0.1) is 0 Å². The zero-order chi connectivity index (χ0) is 11.9. The minimum atomic E-state index is -4.49. The Morgan fingerprint density at radius 1 is 1.50 bits per heavy atom. The van der Waals surface area contributed by atoms with Gasteiger partial charge in [-0.3, -0.25) is 4.79 Å². The third-order valence-electron chi connectivity index (χ3n) is 2.45. The highest BCUT2D eigenvalue weighted by Gasteiger charge is 2.45. The van der Waals surface area contributed by atoms with Gasteiger partial charge >= 0.3 is 6.18 Å². The first-order chi connectivity index (χ1) is 7.39. The van der Waals surface area contributed by atoms with Crippen LogP contribution in [0.5, 0.6) is 0 Å². The summed E-state index contributed by atoms with van der Waals surface area (Å²) in [5.74, 6) is -1.27. The third-order valence-corrected chi connectivity index (χ3v) is 2.45. The fourth-order valence-electron chi connectivity index (χ4n) is 1.51. The number of aromatic nitrogens is 2. The van der Waals surface area contributed by atoms with Crippen molar-refractivity contribution in [1.82, 2.24) is 9.97 Å². The van der Waals surface area contributed by atoms with E-state index in [0.717, 1.165) is 12.3 Å². The molecular formula is C9H8F3N3O. The smallest absolute Gasteiger partial charge is 0.369 e. The molecule has 0 radical (unpaired) electrons. The summed E-state index contributed by atoms with van der Waals surface area (Å²) in [5, 5.41) is 0. The lowest BCUT2D eigenvalue weighted by Crippen LogP contribution is -2.15. The quantitative estimate of drug-likeness (QED) is 0.828. The average Bonchev–Trinajstić information content (AvgIpc) is 2.96. The van der Waals surface area contributed by atoms with E-state index in [1.165, 1.54) is 0 Å². The summed E-state index contributed by atoms with van der Waals surface area (Å²) in [4.78, 5) is 17.9. The van der Waals surface area contributed by atoms with Crippen LogP contribution in [0.4, 0.5) is 13.2 Å². The Kier molecular flexibility index (Phi) is 2.32. The molecule has 7 heteroatoms. The van der Waals surface area contributed by atoms with Gasteiger partial charge in [0.15, 0.2) is 0 Å². The molecule has 1 aliphatic rings. The minimum absolute atomic E-state index is 0.0404. The summed E-state index contributed by atoms with van der Waals surface area (Å²) < 4.78 is 37.0. The summed E-state index contributed by atoms with van der Waals surface area (Å²) in [6.07, 6.45) is -3.02. The van der Waals surface area contributed by atoms with E-state index in [0.29, 0.717) is 6.42 Å². The predicted molar refractivity (Wildman–Crippen MR) is 47.1 cm³/mol. The van der Waals surface area contributed by atoms with Crippen molar-refractivity contribution >= 4 is 5.91 Å². The lowest BCUT2D eigenvalue weighted by atomic mass is 10.3. The van der Waals surface area contributed by atoms with Crippen LogP contribution in [0.25, 0.3) is 0 Å². The number of carbonyl (C=O) groups excluding carboxylic acids is 1. The van der Waals surface area contributed by atoms with Gasteiger partial charge in [0.25, 0.3) is 0 Å². The lowest BCUT2D eigenvalue weighted by molar-refractivity contribution is -0.141. The van der Waals surface area contributed by atoms with Crippen molar-refractivity contribution in [2.45, 2.75) is 18.5 Å². The van der Waals surface area contributed by atoms with Gasteiger partial charge < -0.3 is 5.73 Å². The van der Waals surface area contributed by atoms with E-state index in [1.54, 1.807) is 0 Å². The van der Waals surface area contributed by atoms with Crippen molar-refractivity contribution in [3.8, 4) is 0 Å². The summed E-state index contributed by atoms with van der Waals surface area (Å²) in [7, 11) is 0. The van der Waals surface area contributed by atoms with Gasteiger partial charge in [0, 0.05) is 18.0 Å². The molecule has 1 amide bonds. The largest absolute Gasteiger partial charge is 0.433 e. The number of nitrogens with zero attached hydrogens (tertiary/aromatic N) is 2. The predicted octanol–water partition coefficient (Wildman–Crippen LogP) is 1.08. The van der Waals surface area contributed by atoms with Gasteiger partial charge in [-0.15, -0.1) is 0 Å². The molecule has 0 unspecified atom stereocenters. The number of alkyl halides is 3. The zero-order valence-corrected chi connectivity index (χ0v) is 8.03. The Hall–Kier alpha value is -1.66. The van der Waals surface area contributed by atoms with Crippen LogP contribution in [0, 0.1) is 5.92 Å². The third kappa shape index (κ3) is 1.98. The van der Waals surface area contributed by atoms with E-state index in [4.69, 9.17) is 5.73 Å². The van der Waals surface area contributed by atoms with Crippen LogP contribution in [-0.2, 0) is 11.0 Å². The van der Waals surface area contributed by atoms with Gasteiger partial charge in [-0.1, -0.05) is 0 Å². The number of hydrogen-bond donors (Lipinski definition) is 1. The van der Waals surface area contributed by atoms with Crippen LogP contribution in [0.15, 0.2) is 12.3 Å². The number of rotatable bonds is 2. The maximum Gasteiger partial charge on any atom is 0.433 e. The molecular weight excluding hydrogens is 223 g/mol. The molecule has 1 aliphatic carbocycles. The molecule has 0 saturated heterocycles. The lowest BCUT2D eigenvalue weighted by Gasteiger charge is -2.06. The van der Waals surface area contributed by atoms with Gasteiger partial charge in [-0.2, -0.15) is 13.2 Å². The Bertz CT molecular complexity index is 432. The molecule has 16 heavy (non-hydrogen) atoms. The Labute approximate surface area is 88.7 Å². The SMILES string of the molecule is NC(=O)[C@H]1C[C@@H]1c1nccc(C(F)(F)F)n1. The van der Waals surface area contributed by atoms with Crippen molar-refractivity contribution in [1.29, 1.82) is 0 Å². The summed E-state index contributed by atoms with van der Waals surface area (Å²) >= 11 is 0. The first-order valence-electron chi connectivity index (χ1n) is 4.59.